The van der Waals surface area contributed by atoms with E-state index < -0.39 is 22.6 Å². The van der Waals surface area contributed by atoms with Gasteiger partial charge >= 0.3 is 0 Å². The minimum absolute atomic E-state index is 0.00592. The summed E-state index contributed by atoms with van der Waals surface area (Å²) in [5, 5.41) is 9.81. The second kappa shape index (κ2) is 13.8. The number of anilines is 1. The number of hydrogen-bond donors (Lipinski definition) is 1. The number of thioether (sulfide) groups is 1. The summed E-state index contributed by atoms with van der Waals surface area (Å²) in [6, 6.07) is 14.5. The third-order valence-corrected chi connectivity index (χ3v) is 12.6. The minimum Gasteiger partial charge on any atom is -0.396 e. The molecule has 10 heteroatoms. The van der Waals surface area contributed by atoms with Crippen LogP contribution < -0.4 is 4.90 Å². The number of aryl methyl sites for hydroxylation is 1. The highest BCUT2D eigenvalue weighted by atomic mass is 79.9. The Bertz CT molecular complexity index is 1410. The Kier molecular flexibility index (Phi) is 10.3. The average Bonchev–Trinajstić information content (AvgIpc) is 3.59. The molecule has 2 aromatic rings. The number of halogens is 2. The van der Waals surface area contributed by atoms with Crippen molar-refractivity contribution in [3.63, 3.8) is 0 Å². The highest BCUT2D eigenvalue weighted by molar-refractivity contribution is 9.09. The molecule has 1 spiro atoms. The molecule has 5 rings (SSSR count). The highest BCUT2D eigenvalue weighted by Crippen LogP contribution is 2.68. The molecule has 3 saturated heterocycles. The van der Waals surface area contributed by atoms with Crippen molar-refractivity contribution in [1.82, 2.24) is 9.80 Å². The summed E-state index contributed by atoms with van der Waals surface area (Å²) in [5.41, 5.74) is 2.44. The largest absolute Gasteiger partial charge is 0.396 e. The topological polar surface area (TPSA) is 81.2 Å². The van der Waals surface area contributed by atoms with E-state index in [0.29, 0.717) is 49.6 Å². The molecule has 6 atom stereocenters. The first kappa shape index (κ1) is 32.8. The first-order valence-electron chi connectivity index (χ1n) is 15.0. The molecule has 2 aromatic carbocycles. The third-order valence-electron chi connectivity index (χ3n) is 9.03. The predicted octanol–water partition coefficient (Wildman–Crippen LogP) is 5.62. The Morgan fingerprint density at radius 3 is 2.50 bits per heavy atom. The summed E-state index contributed by atoms with van der Waals surface area (Å²) < 4.78 is -0.798. The molecule has 234 valence electrons. The SMILES string of the molecule is C=CCN(Cc1ccccc1)C(=O)[C@H]1[C@H]2C(=O)N(CCCCO)C(C(=O)N(CC=C)c3c(C)cccc3Cl)C23CC(Br)[C@@H]1S3. The van der Waals surface area contributed by atoms with Gasteiger partial charge in [0, 0.05) is 42.9 Å². The first-order valence-corrected chi connectivity index (χ1v) is 17.2. The van der Waals surface area contributed by atoms with E-state index in [2.05, 4.69) is 29.1 Å². The van der Waals surface area contributed by atoms with Gasteiger partial charge in [0.25, 0.3) is 5.91 Å². The Morgan fingerprint density at radius 2 is 1.84 bits per heavy atom. The van der Waals surface area contributed by atoms with E-state index in [1.165, 1.54) is 0 Å². The Morgan fingerprint density at radius 1 is 1.11 bits per heavy atom. The number of unbranched alkanes of at least 4 members (excludes halogenated alkanes) is 1. The van der Waals surface area contributed by atoms with E-state index in [4.69, 9.17) is 11.6 Å². The standard InChI is InChI=1S/C34H39BrClN3O4S/c1-4-16-37(21-23-13-7-6-8-14-23)31(41)26-27-32(42)39(18-9-10-19-40)30(34(27)20-24(35)29(26)44-34)33(43)38(17-5-2)28-22(3)12-11-15-25(28)36/h4-8,11-15,24,26-27,29-30,40H,1-2,9-10,16-21H2,3H3/t24?,26-,27-,29-,30?,34?/m0/s1. The van der Waals surface area contributed by atoms with Crippen molar-refractivity contribution in [1.29, 1.82) is 0 Å². The number of nitrogens with zero attached hydrogens (tertiary/aromatic N) is 3. The zero-order valence-electron chi connectivity index (χ0n) is 24.9. The maximum atomic E-state index is 14.9. The molecular formula is C34H39BrClN3O4S. The number of carbonyl (C=O) groups is 3. The lowest BCUT2D eigenvalue weighted by atomic mass is 9.70. The van der Waals surface area contributed by atoms with Crippen LogP contribution in [0.1, 0.15) is 30.4 Å². The fraction of sp³-hybridized carbons (Fsp3) is 0.441. The fourth-order valence-corrected chi connectivity index (χ4v) is 11.2. The van der Waals surface area contributed by atoms with Crippen LogP contribution in [0, 0.1) is 18.8 Å². The Hall–Kier alpha value is -2.59. The maximum absolute atomic E-state index is 14.9. The molecule has 0 radical (unpaired) electrons. The molecule has 1 N–H and O–H groups in total. The van der Waals surface area contributed by atoms with Gasteiger partial charge < -0.3 is 19.8 Å². The van der Waals surface area contributed by atoms with Gasteiger partial charge in [-0.25, -0.2) is 0 Å². The Labute approximate surface area is 277 Å². The van der Waals surface area contributed by atoms with Crippen molar-refractivity contribution >= 4 is 62.7 Å². The third kappa shape index (κ3) is 5.77. The highest BCUT2D eigenvalue weighted by Gasteiger charge is 2.76. The summed E-state index contributed by atoms with van der Waals surface area (Å²) in [5.74, 6) is -1.73. The van der Waals surface area contributed by atoms with Crippen molar-refractivity contribution in [2.45, 2.75) is 53.6 Å². The number of likely N-dealkylation sites (tertiary alicyclic amines) is 1. The zero-order valence-corrected chi connectivity index (χ0v) is 28.1. The maximum Gasteiger partial charge on any atom is 0.251 e. The van der Waals surface area contributed by atoms with E-state index in [1.807, 2.05) is 49.4 Å². The summed E-state index contributed by atoms with van der Waals surface area (Å²) in [6.45, 7) is 11.0. The second-order valence-corrected chi connectivity index (χ2v) is 14.9. The monoisotopic (exact) mass is 699 g/mol. The molecule has 3 fully saturated rings. The smallest absolute Gasteiger partial charge is 0.251 e. The molecule has 2 bridgehead atoms. The van der Waals surface area contributed by atoms with Gasteiger partial charge in [0.05, 0.1) is 27.3 Å². The van der Waals surface area contributed by atoms with Gasteiger partial charge in [0.1, 0.15) is 6.04 Å². The van der Waals surface area contributed by atoms with Gasteiger partial charge in [0.15, 0.2) is 0 Å². The lowest BCUT2D eigenvalue weighted by Crippen LogP contribution is -2.56. The van der Waals surface area contributed by atoms with Gasteiger partial charge in [-0.15, -0.1) is 24.9 Å². The van der Waals surface area contributed by atoms with E-state index in [9.17, 15) is 19.5 Å². The molecule has 0 saturated carbocycles. The van der Waals surface area contributed by atoms with Crippen LogP contribution in [0.25, 0.3) is 0 Å². The lowest BCUT2D eigenvalue weighted by Gasteiger charge is -2.39. The van der Waals surface area contributed by atoms with Crippen molar-refractivity contribution in [2.75, 3.05) is 31.1 Å². The van der Waals surface area contributed by atoms with Crippen LogP contribution >= 0.6 is 39.3 Å². The van der Waals surface area contributed by atoms with Crippen molar-refractivity contribution in [3.05, 3.63) is 90.0 Å². The fourth-order valence-electron chi connectivity index (χ4n) is 7.26. The van der Waals surface area contributed by atoms with Crippen LogP contribution in [0.15, 0.2) is 73.8 Å². The zero-order chi connectivity index (χ0) is 31.6. The molecule has 3 heterocycles. The molecule has 0 aliphatic carbocycles. The van der Waals surface area contributed by atoms with Gasteiger partial charge in [-0.1, -0.05) is 82.1 Å². The molecule has 3 amide bonds. The second-order valence-electron chi connectivity index (χ2n) is 11.8. The number of amides is 3. The van der Waals surface area contributed by atoms with E-state index in [0.717, 1.165) is 11.1 Å². The van der Waals surface area contributed by atoms with Gasteiger partial charge in [0.2, 0.25) is 11.8 Å². The summed E-state index contributed by atoms with van der Waals surface area (Å²) >= 11 is 12.2. The van der Waals surface area contributed by atoms with Crippen LogP contribution in [0.4, 0.5) is 5.69 Å². The van der Waals surface area contributed by atoms with Gasteiger partial charge in [-0.05, 0) is 43.4 Å². The molecular weight excluding hydrogens is 662 g/mol. The quantitative estimate of drug-likeness (QED) is 0.167. The van der Waals surface area contributed by atoms with E-state index >= 15 is 0 Å². The van der Waals surface area contributed by atoms with Crippen LogP contribution in [0.3, 0.4) is 0 Å². The van der Waals surface area contributed by atoms with Crippen molar-refractivity contribution in [3.8, 4) is 0 Å². The number of aliphatic hydroxyl groups excluding tert-OH is 1. The number of para-hydroxylation sites is 1. The number of hydrogen-bond acceptors (Lipinski definition) is 5. The van der Waals surface area contributed by atoms with E-state index in [1.54, 1.807) is 44.7 Å². The molecule has 3 aliphatic heterocycles. The average molecular weight is 701 g/mol. The normalized spacial score (nSPS) is 26.9. The number of fused-ring (bicyclic) bond motifs is 1. The molecule has 3 unspecified atom stereocenters. The van der Waals surface area contributed by atoms with Crippen molar-refractivity contribution < 1.29 is 19.5 Å². The van der Waals surface area contributed by atoms with Crippen molar-refractivity contribution in [2.24, 2.45) is 11.8 Å². The summed E-state index contributed by atoms with van der Waals surface area (Å²) in [6.07, 6.45) is 5.01. The molecule has 0 aromatic heterocycles. The van der Waals surface area contributed by atoms with Gasteiger partial charge in [-0.2, -0.15) is 0 Å². The van der Waals surface area contributed by atoms with Gasteiger partial charge in [-0.3, -0.25) is 14.4 Å². The molecule has 44 heavy (non-hydrogen) atoms. The van der Waals surface area contributed by atoms with E-state index in [-0.39, 0.29) is 41.0 Å². The van der Waals surface area contributed by atoms with Crippen LogP contribution in [0.5, 0.6) is 0 Å². The van der Waals surface area contributed by atoms with Crippen LogP contribution in [-0.4, -0.2) is 79.7 Å². The summed E-state index contributed by atoms with van der Waals surface area (Å²) in [7, 11) is 0. The first-order chi connectivity index (χ1) is 21.2. The minimum atomic E-state index is -0.802. The molecule has 3 aliphatic rings. The number of alkyl halides is 1. The Balaban J connectivity index is 1.57. The number of benzene rings is 2. The lowest BCUT2D eigenvalue weighted by molar-refractivity contribution is -0.144. The summed E-state index contributed by atoms with van der Waals surface area (Å²) in [4.78, 5) is 48.9. The number of carbonyl (C=O) groups excluding carboxylic acids is 3. The number of aliphatic hydroxyl groups is 1. The predicted molar refractivity (Wildman–Crippen MR) is 181 cm³/mol. The van der Waals surface area contributed by atoms with Crippen LogP contribution in [-0.2, 0) is 20.9 Å². The van der Waals surface area contributed by atoms with Crippen LogP contribution in [0.2, 0.25) is 5.02 Å². The number of rotatable bonds is 13. The molecule has 7 nitrogen and oxygen atoms in total.